The lowest BCUT2D eigenvalue weighted by Gasteiger charge is -2.10. The van der Waals surface area contributed by atoms with Gasteiger partial charge in [-0.1, -0.05) is 13.3 Å². The Morgan fingerprint density at radius 1 is 1.07 bits per heavy atom. The van der Waals surface area contributed by atoms with Crippen molar-refractivity contribution in [1.29, 1.82) is 0 Å². The van der Waals surface area contributed by atoms with Crippen molar-refractivity contribution in [3.8, 4) is 0 Å². The van der Waals surface area contributed by atoms with Crippen molar-refractivity contribution in [2.24, 2.45) is 0 Å². The van der Waals surface area contributed by atoms with Gasteiger partial charge in [0.2, 0.25) is 0 Å². The van der Waals surface area contributed by atoms with Gasteiger partial charge >= 0.3 is 0 Å². The fourth-order valence-corrected chi connectivity index (χ4v) is 1.12. The zero-order valence-corrected chi connectivity index (χ0v) is 9.65. The summed E-state index contributed by atoms with van der Waals surface area (Å²) in [5.74, 6) is 0. The summed E-state index contributed by atoms with van der Waals surface area (Å²) in [4.78, 5) is 0. The Hall–Kier alpha value is -0.160. The van der Waals surface area contributed by atoms with E-state index in [9.17, 15) is 5.11 Å². The predicted molar refractivity (Wildman–Crippen MR) is 58.6 cm³/mol. The first kappa shape index (κ1) is 14.8. The summed E-state index contributed by atoms with van der Waals surface area (Å²) in [6.45, 7) is 4.11. The maximum absolute atomic E-state index is 9.24. The molecule has 0 spiro atoms. The summed E-state index contributed by atoms with van der Waals surface area (Å²) < 4.78 is 10.4. The van der Waals surface area contributed by atoms with Crippen LogP contribution in [0.1, 0.15) is 39.0 Å². The van der Waals surface area contributed by atoms with Gasteiger partial charge in [-0.3, -0.25) is 0 Å². The Morgan fingerprint density at radius 2 is 1.73 bits per heavy atom. The van der Waals surface area contributed by atoms with Gasteiger partial charge in [-0.2, -0.15) is 0 Å². The average Bonchev–Trinajstić information content (AvgIpc) is 2.22. The zero-order chi connectivity index (χ0) is 11.4. The van der Waals surface area contributed by atoms with Gasteiger partial charge in [0.1, 0.15) is 0 Å². The molecule has 0 aromatic heterocycles. The number of ether oxygens (including phenoxy) is 2. The second-order valence-corrected chi connectivity index (χ2v) is 3.51. The first-order chi connectivity index (χ1) is 7.31. The first-order valence-corrected chi connectivity index (χ1v) is 5.79. The minimum atomic E-state index is -0.606. The number of hydrogen-bond acceptors (Lipinski definition) is 4. The van der Waals surface area contributed by atoms with E-state index >= 15 is 0 Å². The van der Waals surface area contributed by atoms with Crippen molar-refractivity contribution < 1.29 is 19.7 Å². The van der Waals surface area contributed by atoms with Crippen LogP contribution in [0, 0.1) is 0 Å². The third-order valence-electron chi connectivity index (χ3n) is 1.98. The number of hydrogen-bond donors (Lipinski definition) is 2. The van der Waals surface area contributed by atoms with Gasteiger partial charge in [0.05, 0.1) is 0 Å². The van der Waals surface area contributed by atoms with Crippen molar-refractivity contribution in [2.45, 2.75) is 45.3 Å². The van der Waals surface area contributed by atoms with Gasteiger partial charge in [0.25, 0.3) is 0 Å². The van der Waals surface area contributed by atoms with E-state index in [1.165, 1.54) is 0 Å². The van der Waals surface area contributed by atoms with E-state index in [2.05, 4.69) is 0 Å². The van der Waals surface area contributed by atoms with E-state index in [-0.39, 0.29) is 6.61 Å². The lowest BCUT2D eigenvalue weighted by molar-refractivity contribution is -0.104. The number of aliphatic hydroxyl groups excluding tert-OH is 2. The predicted octanol–water partition coefficient (Wildman–Crippen LogP) is 1.30. The Bertz CT molecular complexity index is 119. The van der Waals surface area contributed by atoms with Crippen molar-refractivity contribution in [2.75, 3.05) is 26.4 Å². The molecule has 0 aliphatic carbocycles. The van der Waals surface area contributed by atoms with Crippen LogP contribution in [-0.2, 0) is 9.47 Å². The van der Waals surface area contributed by atoms with Crippen LogP contribution in [0.3, 0.4) is 0 Å². The van der Waals surface area contributed by atoms with Gasteiger partial charge in [-0.25, -0.2) is 0 Å². The van der Waals surface area contributed by atoms with Crippen LogP contribution in [0.5, 0.6) is 0 Å². The summed E-state index contributed by atoms with van der Waals surface area (Å²) in [7, 11) is 0. The molecule has 0 aliphatic rings. The highest BCUT2D eigenvalue weighted by Crippen LogP contribution is 2.00. The van der Waals surface area contributed by atoms with Crippen molar-refractivity contribution in [3.63, 3.8) is 0 Å². The molecule has 2 N–H and O–H groups in total. The largest absolute Gasteiger partial charge is 0.396 e. The Morgan fingerprint density at radius 3 is 2.40 bits per heavy atom. The molecule has 0 bridgehead atoms. The monoisotopic (exact) mass is 220 g/mol. The molecule has 0 rings (SSSR count). The van der Waals surface area contributed by atoms with Crippen molar-refractivity contribution in [3.05, 3.63) is 0 Å². The first-order valence-electron chi connectivity index (χ1n) is 5.79. The Labute approximate surface area is 92.2 Å². The molecule has 0 saturated carbocycles. The molecule has 4 heteroatoms. The van der Waals surface area contributed by atoms with Gasteiger partial charge in [-0.15, -0.1) is 0 Å². The third-order valence-corrected chi connectivity index (χ3v) is 1.98. The van der Waals surface area contributed by atoms with Gasteiger partial charge < -0.3 is 19.7 Å². The molecular formula is C11H24O4. The van der Waals surface area contributed by atoms with Crippen LogP contribution in [-0.4, -0.2) is 42.9 Å². The molecule has 0 saturated heterocycles. The molecule has 0 radical (unpaired) electrons. The summed E-state index contributed by atoms with van der Waals surface area (Å²) in [5.41, 5.74) is 0. The number of aliphatic hydroxyl groups is 2. The zero-order valence-electron chi connectivity index (χ0n) is 9.65. The molecule has 0 aromatic rings. The van der Waals surface area contributed by atoms with E-state index in [1.54, 1.807) is 0 Å². The van der Waals surface area contributed by atoms with Gasteiger partial charge in [0, 0.05) is 26.4 Å². The van der Waals surface area contributed by atoms with E-state index in [1.807, 2.05) is 6.92 Å². The second-order valence-electron chi connectivity index (χ2n) is 3.51. The van der Waals surface area contributed by atoms with Crippen LogP contribution >= 0.6 is 0 Å². The van der Waals surface area contributed by atoms with Crippen LogP contribution in [0.25, 0.3) is 0 Å². The molecule has 1 unspecified atom stereocenters. The molecule has 4 nitrogen and oxygen atoms in total. The van der Waals surface area contributed by atoms with Crippen molar-refractivity contribution in [1.82, 2.24) is 0 Å². The normalized spacial score (nSPS) is 13.0. The maximum Gasteiger partial charge on any atom is 0.154 e. The topological polar surface area (TPSA) is 58.9 Å². The smallest absolute Gasteiger partial charge is 0.154 e. The number of rotatable bonds is 11. The summed E-state index contributed by atoms with van der Waals surface area (Å²) >= 11 is 0. The molecule has 0 fully saturated rings. The molecule has 1 atom stereocenters. The standard InChI is InChI=1S/C11H24O4/c1-2-6-11(13)15-10-4-3-8-14-9-5-7-12/h11-13H,2-10H2,1H3. The summed E-state index contributed by atoms with van der Waals surface area (Å²) in [6, 6.07) is 0. The minimum Gasteiger partial charge on any atom is -0.396 e. The highest BCUT2D eigenvalue weighted by atomic mass is 16.6. The summed E-state index contributed by atoms with van der Waals surface area (Å²) in [5, 5.41) is 17.7. The highest BCUT2D eigenvalue weighted by molar-refractivity contribution is 4.42. The van der Waals surface area contributed by atoms with Gasteiger partial charge in [-0.05, 0) is 25.7 Å². The fourth-order valence-electron chi connectivity index (χ4n) is 1.12. The SMILES string of the molecule is CCCC(O)OCCCCOCCCO. The molecule has 0 amide bonds. The Kier molecular flexibility index (Phi) is 11.8. The van der Waals surface area contributed by atoms with Crippen LogP contribution < -0.4 is 0 Å². The quantitative estimate of drug-likeness (QED) is 0.407. The van der Waals surface area contributed by atoms with Crippen LogP contribution in [0.15, 0.2) is 0 Å². The van der Waals surface area contributed by atoms with E-state index in [0.29, 0.717) is 32.7 Å². The van der Waals surface area contributed by atoms with E-state index < -0.39 is 6.29 Å². The van der Waals surface area contributed by atoms with Crippen LogP contribution in [0.4, 0.5) is 0 Å². The Balaban J connectivity index is 2.98. The molecular weight excluding hydrogens is 196 g/mol. The minimum absolute atomic E-state index is 0.187. The summed E-state index contributed by atoms with van der Waals surface area (Å²) in [6.07, 6.45) is 3.57. The molecule has 0 aromatic carbocycles. The lowest BCUT2D eigenvalue weighted by atomic mass is 10.3. The fraction of sp³-hybridized carbons (Fsp3) is 1.00. The molecule has 0 aliphatic heterocycles. The van der Waals surface area contributed by atoms with Crippen LogP contribution in [0.2, 0.25) is 0 Å². The second kappa shape index (κ2) is 11.9. The maximum atomic E-state index is 9.24. The lowest BCUT2D eigenvalue weighted by Crippen LogP contribution is -2.12. The van der Waals surface area contributed by atoms with E-state index in [0.717, 1.165) is 19.3 Å². The third kappa shape index (κ3) is 11.8. The highest BCUT2D eigenvalue weighted by Gasteiger charge is 2.00. The van der Waals surface area contributed by atoms with E-state index in [4.69, 9.17) is 14.6 Å². The average molecular weight is 220 g/mol. The van der Waals surface area contributed by atoms with Gasteiger partial charge in [0.15, 0.2) is 6.29 Å². The molecule has 15 heavy (non-hydrogen) atoms. The van der Waals surface area contributed by atoms with Crippen molar-refractivity contribution >= 4 is 0 Å². The number of unbranched alkanes of at least 4 members (excludes halogenated alkanes) is 1. The molecule has 92 valence electrons. The molecule has 0 heterocycles.